The molecule has 4 atom stereocenters. The van der Waals surface area contributed by atoms with Gasteiger partial charge in [-0.1, -0.05) is 84.9 Å². The van der Waals surface area contributed by atoms with Gasteiger partial charge < -0.3 is 20.9 Å². The number of carbonyl (C=O) groups excluding carboxylic acids is 6. The zero-order valence-electron chi connectivity index (χ0n) is 36.1. The summed E-state index contributed by atoms with van der Waals surface area (Å²) < 4.78 is 16.3. The van der Waals surface area contributed by atoms with Crippen LogP contribution in [0.25, 0.3) is 6.08 Å². The molecule has 5 N–H and O–H groups in total. The zero-order chi connectivity index (χ0) is 45.9. The lowest BCUT2D eigenvalue weighted by atomic mass is 9.55. The first-order valence-corrected chi connectivity index (χ1v) is 23.6. The minimum absolute atomic E-state index is 0.0205. The van der Waals surface area contributed by atoms with Crippen LogP contribution >= 0.6 is 23.2 Å². The quantitative estimate of drug-likeness (QED) is 0.111. The smallest absolute Gasteiger partial charge is 0.255 e. The Labute approximate surface area is 391 Å². The summed E-state index contributed by atoms with van der Waals surface area (Å²) in [4.78, 5) is 81.8. The van der Waals surface area contributed by atoms with Gasteiger partial charge in [-0.25, -0.2) is 4.39 Å². The van der Waals surface area contributed by atoms with Crippen LogP contribution in [-0.4, -0.2) is 64.0 Å². The zero-order valence-corrected chi connectivity index (χ0v) is 37.6. The molecule has 10 rings (SSSR count). The van der Waals surface area contributed by atoms with Crippen molar-refractivity contribution in [2.24, 2.45) is 5.92 Å². The van der Waals surface area contributed by atoms with Crippen LogP contribution < -0.4 is 26.6 Å². The lowest BCUT2D eigenvalue weighted by molar-refractivity contribution is -0.137. The van der Waals surface area contributed by atoms with Crippen LogP contribution in [0, 0.1) is 11.7 Å². The fraction of sp³-hybridized carbons (Fsp3) is 0.373. The van der Waals surface area contributed by atoms with Crippen molar-refractivity contribution >= 4 is 76.1 Å². The highest BCUT2D eigenvalue weighted by atomic mass is 35.5. The van der Waals surface area contributed by atoms with Crippen molar-refractivity contribution in [1.82, 2.24) is 20.9 Å². The van der Waals surface area contributed by atoms with Gasteiger partial charge in [-0.2, -0.15) is 0 Å². The molecule has 66 heavy (non-hydrogen) atoms. The van der Waals surface area contributed by atoms with Crippen molar-refractivity contribution in [3.8, 4) is 0 Å². The highest BCUT2D eigenvalue weighted by molar-refractivity contribution is 6.31. The average molecular weight is 932 g/mol. The monoisotopic (exact) mass is 930 g/mol. The Morgan fingerprint density at radius 3 is 2.36 bits per heavy atom. The molecule has 2 spiro atoms. The largest absolute Gasteiger partial charge is 0.349 e. The van der Waals surface area contributed by atoms with Crippen molar-refractivity contribution in [3.63, 3.8) is 0 Å². The van der Waals surface area contributed by atoms with E-state index in [0.29, 0.717) is 58.9 Å². The Bertz CT molecular complexity index is 2710. The van der Waals surface area contributed by atoms with E-state index in [1.807, 2.05) is 18.2 Å². The predicted octanol–water partition coefficient (Wildman–Crippen LogP) is 8.18. The van der Waals surface area contributed by atoms with Gasteiger partial charge in [0.05, 0.1) is 11.1 Å². The summed E-state index contributed by atoms with van der Waals surface area (Å²) >= 11 is 12.8. The van der Waals surface area contributed by atoms with Crippen LogP contribution in [0.4, 0.5) is 15.8 Å². The number of anilines is 2. The second-order valence-corrected chi connectivity index (χ2v) is 19.5. The third-order valence-electron chi connectivity index (χ3n) is 15.0. The molecule has 0 radical (unpaired) electrons. The molecule has 4 heterocycles. The molecular formula is C51H49Cl2FN6O6. The molecule has 0 aromatic heterocycles. The van der Waals surface area contributed by atoms with Crippen molar-refractivity contribution in [2.75, 3.05) is 10.6 Å². The number of nitrogens with one attached hydrogen (secondary N) is 5. The summed E-state index contributed by atoms with van der Waals surface area (Å²) in [6.07, 6.45) is 11.8. The van der Waals surface area contributed by atoms with Gasteiger partial charge in [0.1, 0.15) is 17.3 Å². The number of amides is 6. The molecule has 2 aliphatic carbocycles. The molecule has 4 fully saturated rings. The van der Waals surface area contributed by atoms with Crippen molar-refractivity contribution < 1.29 is 33.2 Å². The minimum Gasteiger partial charge on any atom is -0.349 e. The fourth-order valence-corrected chi connectivity index (χ4v) is 12.2. The van der Waals surface area contributed by atoms with E-state index in [4.69, 9.17) is 23.2 Å². The molecular weight excluding hydrogens is 883 g/mol. The van der Waals surface area contributed by atoms with E-state index in [9.17, 15) is 28.8 Å². The first-order chi connectivity index (χ1) is 31.9. The van der Waals surface area contributed by atoms with E-state index in [2.05, 4.69) is 38.7 Å². The number of piperidine rings is 1. The van der Waals surface area contributed by atoms with Crippen LogP contribution in [0.15, 0.2) is 84.9 Å². The van der Waals surface area contributed by atoms with Crippen LogP contribution in [0.3, 0.4) is 0 Å². The van der Waals surface area contributed by atoms with E-state index >= 15 is 4.39 Å². The standard InChI is InChI=1S/C51H49Cl2FN6O6/c52-31-16-21-37-39(26-31)57-49(66)51(37)42(35-8-5-9-38(53)43(35)54)44(59-50(51)24-2-1-3-25-50)47(64)56-33-19-14-30(15-20-33)45(62)55-32-17-11-28(12-18-32)10-13-29-6-4-7-34-36(29)27-60(48(34)65)40-22-23-41(61)58-46(40)63/h4-10,13-16,19-21,26,28,32,40,42,44,59H,1-3,11-12,17-18,22-25,27H2,(H,55,62)(H,56,64)(H,57,66)(H,58,61,63)/b13-10-/t28-,32-,40?,42-,44+,51+/m0/s1. The topological polar surface area (TPSA) is 166 Å². The van der Waals surface area contributed by atoms with Gasteiger partial charge in [-0.3, -0.25) is 39.4 Å². The highest BCUT2D eigenvalue weighted by Gasteiger charge is 2.72. The lowest BCUT2D eigenvalue weighted by Gasteiger charge is -2.47. The number of hydrogen-bond acceptors (Lipinski definition) is 7. The second-order valence-electron chi connectivity index (χ2n) is 18.6. The molecule has 2 saturated carbocycles. The number of fused-ring (bicyclic) bond motifs is 4. The number of nitrogens with zero attached hydrogens (tertiary/aromatic N) is 1. The average Bonchev–Trinajstić information content (AvgIpc) is 3.91. The first-order valence-electron chi connectivity index (χ1n) is 22.9. The SMILES string of the molecule is O=C1CCC(N2Cc3c(/C=C\[C@H]4CC[C@H](NC(=O)c5ccc(NC(=O)[C@@H]6NC7(CCCCC7)[C@@]7(C(=O)Nc8cc(Cl)ccc87)[C@H]6c6cccc(Cl)c6F)cc5)CC4)cccc3C2=O)C(=O)N1. The van der Waals surface area contributed by atoms with E-state index in [-0.39, 0.29) is 52.6 Å². The van der Waals surface area contributed by atoms with Crippen molar-refractivity contribution in [2.45, 2.75) is 112 Å². The third-order valence-corrected chi connectivity index (χ3v) is 15.5. The Morgan fingerprint density at radius 2 is 1.61 bits per heavy atom. The predicted molar refractivity (Wildman–Crippen MR) is 248 cm³/mol. The number of carbonyl (C=O) groups is 6. The number of hydrogen-bond donors (Lipinski definition) is 5. The summed E-state index contributed by atoms with van der Waals surface area (Å²) in [6, 6.07) is 20.5. The normalized spacial score (nSPS) is 26.7. The number of halogens is 3. The molecule has 0 bridgehead atoms. The van der Waals surface area contributed by atoms with Gasteiger partial charge >= 0.3 is 0 Å². The molecule has 6 aliphatic rings. The Kier molecular flexibility index (Phi) is 11.6. The summed E-state index contributed by atoms with van der Waals surface area (Å²) in [5.74, 6) is -3.31. The second kappa shape index (κ2) is 17.4. The molecule has 15 heteroatoms. The molecule has 2 saturated heterocycles. The maximum absolute atomic E-state index is 16.3. The van der Waals surface area contributed by atoms with Gasteiger partial charge in [0.2, 0.25) is 23.6 Å². The fourth-order valence-electron chi connectivity index (χ4n) is 11.9. The summed E-state index contributed by atoms with van der Waals surface area (Å²) in [7, 11) is 0. The van der Waals surface area contributed by atoms with Gasteiger partial charge in [0.15, 0.2) is 0 Å². The van der Waals surface area contributed by atoms with Crippen molar-refractivity contribution in [3.05, 3.63) is 134 Å². The molecule has 340 valence electrons. The lowest BCUT2D eigenvalue weighted by Crippen LogP contribution is -2.60. The summed E-state index contributed by atoms with van der Waals surface area (Å²) in [6.45, 7) is 0.309. The summed E-state index contributed by atoms with van der Waals surface area (Å²) in [5.41, 5.74) is 2.40. The van der Waals surface area contributed by atoms with E-state index in [0.717, 1.165) is 56.1 Å². The van der Waals surface area contributed by atoms with Crippen LogP contribution in [0.5, 0.6) is 0 Å². The summed E-state index contributed by atoms with van der Waals surface area (Å²) in [5, 5.41) is 15.6. The minimum atomic E-state index is -1.36. The van der Waals surface area contributed by atoms with Crippen LogP contribution in [0.1, 0.15) is 120 Å². The van der Waals surface area contributed by atoms with E-state index in [1.165, 1.54) is 6.07 Å². The molecule has 4 aromatic carbocycles. The Balaban J connectivity index is 0.800. The number of imide groups is 1. The number of allylic oxidation sites excluding steroid dienone is 1. The third kappa shape index (κ3) is 7.49. The number of benzene rings is 4. The highest BCUT2D eigenvalue weighted by Crippen LogP contribution is 2.63. The van der Waals surface area contributed by atoms with Gasteiger partial charge in [0.25, 0.3) is 11.8 Å². The van der Waals surface area contributed by atoms with Crippen LogP contribution in [-0.2, 0) is 31.1 Å². The molecule has 12 nitrogen and oxygen atoms in total. The molecule has 4 aliphatic heterocycles. The molecule has 6 amide bonds. The van der Waals surface area contributed by atoms with E-state index < -0.39 is 46.6 Å². The Hall–Kier alpha value is -5.89. The van der Waals surface area contributed by atoms with Gasteiger partial charge in [0, 0.05) is 58.0 Å². The first kappa shape index (κ1) is 44.0. The maximum Gasteiger partial charge on any atom is 0.255 e. The van der Waals surface area contributed by atoms with Crippen LogP contribution in [0.2, 0.25) is 10.0 Å². The molecule has 1 unspecified atom stereocenters. The van der Waals surface area contributed by atoms with Crippen molar-refractivity contribution in [1.29, 1.82) is 0 Å². The number of rotatable bonds is 8. The van der Waals surface area contributed by atoms with Gasteiger partial charge in [-0.15, -0.1) is 0 Å². The Morgan fingerprint density at radius 1 is 0.848 bits per heavy atom. The van der Waals surface area contributed by atoms with Gasteiger partial charge in [-0.05, 0) is 122 Å². The maximum atomic E-state index is 16.3. The van der Waals surface area contributed by atoms with E-state index in [1.54, 1.807) is 59.5 Å². The molecule has 4 aromatic rings.